The third-order valence-electron chi connectivity index (χ3n) is 2.06. The lowest BCUT2D eigenvalue weighted by Gasteiger charge is -2.20. The fourth-order valence-corrected chi connectivity index (χ4v) is 1.24. The van der Waals surface area contributed by atoms with E-state index in [4.69, 9.17) is 4.74 Å². The monoisotopic (exact) mass is 173 g/mol. The van der Waals surface area contributed by atoms with Crippen molar-refractivity contribution in [3.05, 3.63) is 0 Å². The molecule has 0 aliphatic heterocycles. The van der Waals surface area contributed by atoms with E-state index in [0.717, 1.165) is 13.0 Å². The van der Waals surface area contributed by atoms with E-state index in [1.54, 1.807) is 0 Å². The Kier molecular flexibility index (Phi) is 6.39. The minimum absolute atomic E-state index is 0.356. The first-order valence-corrected chi connectivity index (χ1v) is 4.86. The van der Waals surface area contributed by atoms with E-state index in [-0.39, 0.29) is 0 Å². The van der Waals surface area contributed by atoms with Gasteiger partial charge in [-0.25, -0.2) is 0 Å². The molecule has 1 N–H and O–H groups in total. The SMILES string of the molecule is CNC(CCOC(C)C)C(C)C. The van der Waals surface area contributed by atoms with Crippen molar-refractivity contribution in [1.82, 2.24) is 5.32 Å². The zero-order valence-electron chi connectivity index (χ0n) is 9.05. The molecule has 0 heterocycles. The normalized spacial score (nSPS) is 14.2. The molecule has 74 valence electrons. The van der Waals surface area contributed by atoms with Crippen molar-refractivity contribution in [2.75, 3.05) is 13.7 Å². The molecule has 1 unspecified atom stereocenters. The number of hydrogen-bond acceptors (Lipinski definition) is 2. The molecule has 2 nitrogen and oxygen atoms in total. The molecular weight excluding hydrogens is 150 g/mol. The molecule has 0 spiro atoms. The van der Waals surface area contributed by atoms with E-state index >= 15 is 0 Å². The maximum atomic E-state index is 5.48. The number of ether oxygens (including phenoxy) is 1. The van der Waals surface area contributed by atoms with Gasteiger partial charge in [0, 0.05) is 12.6 Å². The number of hydrogen-bond donors (Lipinski definition) is 1. The smallest absolute Gasteiger partial charge is 0.0518 e. The zero-order chi connectivity index (χ0) is 9.56. The van der Waals surface area contributed by atoms with Crippen molar-refractivity contribution < 1.29 is 4.74 Å². The van der Waals surface area contributed by atoms with Crippen LogP contribution in [-0.4, -0.2) is 25.8 Å². The maximum Gasteiger partial charge on any atom is 0.0518 e. The Morgan fingerprint density at radius 2 is 1.75 bits per heavy atom. The largest absolute Gasteiger partial charge is 0.379 e. The van der Waals surface area contributed by atoms with Crippen LogP contribution in [0.2, 0.25) is 0 Å². The molecule has 0 aromatic rings. The summed E-state index contributed by atoms with van der Waals surface area (Å²) in [5, 5.41) is 3.30. The highest BCUT2D eigenvalue weighted by molar-refractivity contribution is 4.67. The Balaban J connectivity index is 3.45. The molecule has 0 aliphatic carbocycles. The molecule has 1 atom stereocenters. The Morgan fingerprint density at radius 3 is 2.08 bits per heavy atom. The molecule has 0 aromatic heterocycles. The highest BCUT2D eigenvalue weighted by Gasteiger charge is 2.10. The quantitative estimate of drug-likeness (QED) is 0.663. The summed E-state index contributed by atoms with van der Waals surface area (Å²) in [6.45, 7) is 9.47. The van der Waals surface area contributed by atoms with Gasteiger partial charge in [-0.3, -0.25) is 0 Å². The fourth-order valence-electron chi connectivity index (χ4n) is 1.24. The second kappa shape index (κ2) is 6.44. The third kappa shape index (κ3) is 5.56. The molecule has 0 radical (unpaired) electrons. The minimum Gasteiger partial charge on any atom is -0.379 e. The van der Waals surface area contributed by atoms with Crippen LogP contribution >= 0.6 is 0 Å². The van der Waals surface area contributed by atoms with Crippen LogP contribution in [0.3, 0.4) is 0 Å². The van der Waals surface area contributed by atoms with Crippen LogP contribution in [0.4, 0.5) is 0 Å². The first-order valence-electron chi connectivity index (χ1n) is 4.86. The van der Waals surface area contributed by atoms with Gasteiger partial charge >= 0.3 is 0 Å². The summed E-state index contributed by atoms with van der Waals surface area (Å²) in [6.07, 6.45) is 1.46. The van der Waals surface area contributed by atoms with Crippen LogP contribution in [-0.2, 0) is 4.74 Å². The maximum absolute atomic E-state index is 5.48. The van der Waals surface area contributed by atoms with Gasteiger partial charge in [-0.2, -0.15) is 0 Å². The fraction of sp³-hybridized carbons (Fsp3) is 1.00. The highest BCUT2D eigenvalue weighted by atomic mass is 16.5. The number of rotatable bonds is 6. The van der Waals surface area contributed by atoms with E-state index in [2.05, 4.69) is 33.0 Å². The van der Waals surface area contributed by atoms with E-state index < -0.39 is 0 Å². The summed E-state index contributed by atoms with van der Waals surface area (Å²) in [5.74, 6) is 0.686. The zero-order valence-corrected chi connectivity index (χ0v) is 9.05. The van der Waals surface area contributed by atoms with Gasteiger partial charge in [-0.05, 0) is 33.2 Å². The van der Waals surface area contributed by atoms with Gasteiger partial charge in [-0.1, -0.05) is 13.8 Å². The van der Waals surface area contributed by atoms with E-state index in [1.165, 1.54) is 0 Å². The average Bonchev–Trinajstić information content (AvgIpc) is 1.96. The summed E-state index contributed by atoms with van der Waals surface area (Å²) < 4.78 is 5.48. The standard InChI is InChI=1S/C10H23NO/c1-8(2)10(11-5)6-7-12-9(3)4/h8-11H,6-7H2,1-5H3. The second-order valence-corrected chi connectivity index (χ2v) is 3.85. The Morgan fingerprint density at radius 1 is 1.17 bits per heavy atom. The van der Waals surface area contributed by atoms with Crippen molar-refractivity contribution in [3.8, 4) is 0 Å². The van der Waals surface area contributed by atoms with Gasteiger partial charge in [-0.15, -0.1) is 0 Å². The van der Waals surface area contributed by atoms with Crippen molar-refractivity contribution >= 4 is 0 Å². The summed E-state index contributed by atoms with van der Waals surface area (Å²) in [7, 11) is 2.01. The van der Waals surface area contributed by atoms with Crippen LogP contribution in [0, 0.1) is 5.92 Å². The van der Waals surface area contributed by atoms with Gasteiger partial charge in [0.25, 0.3) is 0 Å². The summed E-state index contributed by atoms with van der Waals surface area (Å²) in [5.41, 5.74) is 0. The molecule has 0 saturated heterocycles. The lowest BCUT2D eigenvalue weighted by Crippen LogP contribution is -2.32. The van der Waals surface area contributed by atoms with Crippen LogP contribution in [0.5, 0.6) is 0 Å². The van der Waals surface area contributed by atoms with Crippen LogP contribution in [0.25, 0.3) is 0 Å². The lowest BCUT2D eigenvalue weighted by molar-refractivity contribution is 0.0690. The molecule has 2 heteroatoms. The van der Waals surface area contributed by atoms with Gasteiger partial charge in [0.2, 0.25) is 0 Å². The highest BCUT2D eigenvalue weighted by Crippen LogP contribution is 2.05. The van der Waals surface area contributed by atoms with Crippen molar-refractivity contribution in [3.63, 3.8) is 0 Å². The van der Waals surface area contributed by atoms with Crippen LogP contribution in [0.1, 0.15) is 34.1 Å². The molecule has 0 fully saturated rings. The lowest BCUT2D eigenvalue weighted by atomic mass is 10.0. The average molecular weight is 173 g/mol. The second-order valence-electron chi connectivity index (χ2n) is 3.85. The minimum atomic E-state index is 0.356. The predicted molar refractivity (Wildman–Crippen MR) is 53.4 cm³/mol. The van der Waals surface area contributed by atoms with Crippen molar-refractivity contribution in [2.45, 2.75) is 46.3 Å². The molecule has 12 heavy (non-hydrogen) atoms. The molecule has 0 rings (SSSR count). The Labute approximate surface area is 76.7 Å². The van der Waals surface area contributed by atoms with Crippen LogP contribution in [0.15, 0.2) is 0 Å². The first kappa shape index (κ1) is 11.9. The number of nitrogens with one attached hydrogen (secondary N) is 1. The summed E-state index contributed by atoms with van der Waals surface area (Å²) in [4.78, 5) is 0. The Hall–Kier alpha value is -0.0800. The van der Waals surface area contributed by atoms with Gasteiger partial charge in [0.1, 0.15) is 0 Å². The van der Waals surface area contributed by atoms with Gasteiger partial charge < -0.3 is 10.1 Å². The summed E-state index contributed by atoms with van der Waals surface area (Å²) >= 11 is 0. The first-order chi connectivity index (χ1) is 5.57. The van der Waals surface area contributed by atoms with Crippen molar-refractivity contribution in [2.24, 2.45) is 5.92 Å². The molecule has 0 saturated carbocycles. The molecule has 0 aliphatic rings. The third-order valence-corrected chi connectivity index (χ3v) is 2.06. The topological polar surface area (TPSA) is 21.3 Å². The van der Waals surface area contributed by atoms with E-state index in [1.807, 2.05) is 7.05 Å². The van der Waals surface area contributed by atoms with Gasteiger partial charge in [0.05, 0.1) is 6.10 Å². The molecular formula is C10H23NO. The van der Waals surface area contributed by atoms with E-state index in [0.29, 0.717) is 18.1 Å². The van der Waals surface area contributed by atoms with Gasteiger partial charge in [0.15, 0.2) is 0 Å². The summed E-state index contributed by atoms with van der Waals surface area (Å²) in [6, 6.07) is 0.587. The molecule has 0 bridgehead atoms. The predicted octanol–water partition coefficient (Wildman–Crippen LogP) is 2.05. The molecule has 0 aromatic carbocycles. The molecule has 0 amide bonds. The van der Waals surface area contributed by atoms with E-state index in [9.17, 15) is 0 Å². The van der Waals surface area contributed by atoms with Crippen molar-refractivity contribution in [1.29, 1.82) is 0 Å². The Bertz CT molecular complexity index is 102. The van der Waals surface area contributed by atoms with Crippen LogP contribution < -0.4 is 5.32 Å².